The van der Waals surface area contributed by atoms with E-state index in [1.807, 2.05) is 53.9 Å². The summed E-state index contributed by atoms with van der Waals surface area (Å²) >= 11 is 1.85. The number of piperidine rings is 1. The fourth-order valence-electron chi connectivity index (χ4n) is 4.21. The number of likely N-dealkylation sites (tertiary alicyclic amines) is 1. The van der Waals surface area contributed by atoms with Crippen LogP contribution in [0, 0.1) is 12.8 Å². The minimum atomic E-state index is -0.0372. The molecule has 4 rings (SSSR count). The lowest BCUT2D eigenvalue weighted by Gasteiger charge is -2.32. The summed E-state index contributed by atoms with van der Waals surface area (Å²) in [6.07, 6.45) is 4.21. The van der Waals surface area contributed by atoms with Gasteiger partial charge in [0.15, 0.2) is 0 Å². The predicted octanol–water partition coefficient (Wildman–Crippen LogP) is 3.96. The lowest BCUT2D eigenvalue weighted by Crippen LogP contribution is -2.45. The number of pyridine rings is 1. The Morgan fingerprint density at radius 3 is 2.68 bits per heavy atom. The summed E-state index contributed by atoms with van der Waals surface area (Å²) in [4.78, 5) is 35.3. The first kappa shape index (κ1) is 21.8. The third-order valence-corrected chi connectivity index (χ3v) is 7.27. The number of aromatic nitrogens is 1. The molecule has 1 aromatic carbocycles. The molecule has 1 saturated heterocycles. The van der Waals surface area contributed by atoms with E-state index in [-0.39, 0.29) is 17.7 Å². The van der Waals surface area contributed by atoms with Crippen LogP contribution in [-0.4, -0.2) is 53.1 Å². The van der Waals surface area contributed by atoms with Gasteiger partial charge in [0.25, 0.3) is 0 Å². The van der Waals surface area contributed by atoms with Gasteiger partial charge in [-0.25, -0.2) is 4.98 Å². The highest BCUT2D eigenvalue weighted by molar-refractivity contribution is 8.00. The summed E-state index contributed by atoms with van der Waals surface area (Å²) in [5.74, 6) is 0.741. The molecule has 0 bridgehead atoms. The number of carbonyl (C=O) groups excluding carboxylic acids is 2. The zero-order valence-electron chi connectivity index (χ0n) is 18.2. The minimum absolute atomic E-state index is 0.0246. The SMILES string of the molecule is Cc1ccnc(NC(=O)C2CCN(CC(=O)N3CCC(C)Sc4ccccc43)CC2)c1. The van der Waals surface area contributed by atoms with Crippen LogP contribution >= 0.6 is 11.8 Å². The molecule has 0 spiro atoms. The second-order valence-electron chi connectivity index (χ2n) is 8.49. The Morgan fingerprint density at radius 1 is 1.13 bits per heavy atom. The second-order valence-corrected chi connectivity index (χ2v) is 9.97. The highest BCUT2D eigenvalue weighted by Gasteiger charge is 2.29. The Balaban J connectivity index is 1.32. The van der Waals surface area contributed by atoms with Gasteiger partial charge in [-0.05, 0) is 69.1 Å². The number of aryl methyl sites for hydroxylation is 1. The fourth-order valence-corrected chi connectivity index (χ4v) is 5.32. The van der Waals surface area contributed by atoms with Crippen LogP contribution in [0.3, 0.4) is 0 Å². The van der Waals surface area contributed by atoms with Gasteiger partial charge in [-0.3, -0.25) is 14.5 Å². The van der Waals surface area contributed by atoms with Crippen molar-refractivity contribution >= 4 is 35.1 Å². The topological polar surface area (TPSA) is 65.5 Å². The number of para-hydroxylation sites is 1. The van der Waals surface area contributed by atoms with E-state index in [0.717, 1.165) is 50.1 Å². The molecule has 1 N–H and O–H groups in total. The van der Waals surface area contributed by atoms with Gasteiger partial charge in [0.05, 0.1) is 12.2 Å². The molecular formula is C24H30N4O2S. The van der Waals surface area contributed by atoms with Crippen LogP contribution in [-0.2, 0) is 9.59 Å². The third kappa shape index (κ3) is 5.46. The van der Waals surface area contributed by atoms with Crippen molar-refractivity contribution in [3.8, 4) is 0 Å². The largest absolute Gasteiger partial charge is 0.310 e. The van der Waals surface area contributed by atoms with Crippen molar-refractivity contribution in [1.82, 2.24) is 9.88 Å². The standard InChI is InChI=1S/C24H30N4O2S/c1-17-7-11-25-22(15-17)26-24(30)19-9-12-27(13-10-19)16-23(29)28-14-8-18(2)31-21-6-4-3-5-20(21)28/h3-7,11,15,18-19H,8-10,12-14,16H2,1-2H3,(H,25,26,30). The summed E-state index contributed by atoms with van der Waals surface area (Å²) in [6, 6.07) is 12.0. The van der Waals surface area contributed by atoms with E-state index in [4.69, 9.17) is 0 Å². The van der Waals surface area contributed by atoms with E-state index in [2.05, 4.69) is 28.2 Å². The third-order valence-electron chi connectivity index (χ3n) is 6.03. The molecule has 31 heavy (non-hydrogen) atoms. The van der Waals surface area contributed by atoms with Crippen molar-refractivity contribution in [3.63, 3.8) is 0 Å². The zero-order valence-corrected chi connectivity index (χ0v) is 19.0. The van der Waals surface area contributed by atoms with Crippen LogP contribution in [0.1, 0.15) is 31.7 Å². The van der Waals surface area contributed by atoms with Gasteiger partial charge >= 0.3 is 0 Å². The number of nitrogens with one attached hydrogen (secondary N) is 1. The maximum absolute atomic E-state index is 13.2. The number of rotatable bonds is 4. The molecule has 1 atom stereocenters. The average Bonchev–Trinajstić information content (AvgIpc) is 2.92. The number of hydrogen-bond acceptors (Lipinski definition) is 5. The molecule has 1 fully saturated rings. The highest BCUT2D eigenvalue weighted by atomic mass is 32.2. The number of thioether (sulfide) groups is 1. The van der Waals surface area contributed by atoms with Crippen molar-refractivity contribution in [3.05, 3.63) is 48.2 Å². The van der Waals surface area contributed by atoms with Gasteiger partial charge in [-0.15, -0.1) is 11.8 Å². The second kappa shape index (κ2) is 9.83. The molecule has 3 heterocycles. The smallest absolute Gasteiger partial charge is 0.241 e. The maximum Gasteiger partial charge on any atom is 0.241 e. The number of fused-ring (bicyclic) bond motifs is 1. The van der Waals surface area contributed by atoms with Gasteiger partial charge in [-0.2, -0.15) is 0 Å². The molecule has 0 saturated carbocycles. The van der Waals surface area contributed by atoms with E-state index in [0.29, 0.717) is 17.6 Å². The van der Waals surface area contributed by atoms with Crippen molar-refractivity contribution in [1.29, 1.82) is 0 Å². The molecule has 7 heteroatoms. The summed E-state index contributed by atoms with van der Waals surface area (Å²) in [5, 5.41) is 3.43. The van der Waals surface area contributed by atoms with Crippen LogP contribution in [0.4, 0.5) is 11.5 Å². The van der Waals surface area contributed by atoms with Crippen molar-refractivity contribution < 1.29 is 9.59 Å². The predicted molar refractivity (Wildman–Crippen MR) is 125 cm³/mol. The molecule has 1 aromatic heterocycles. The average molecular weight is 439 g/mol. The van der Waals surface area contributed by atoms with Gasteiger partial charge < -0.3 is 10.2 Å². The fraction of sp³-hybridized carbons (Fsp3) is 0.458. The molecule has 0 radical (unpaired) electrons. The Hall–Kier alpha value is -2.38. The van der Waals surface area contributed by atoms with Gasteiger partial charge in [0.2, 0.25) is 11.8 Å². The van der Waals surface area contributed by atoms with Crippen molar-refractivity contribution in [2.45, 2.75) is 43.3 Å². The Labute approximate surface area is 188 Å². The summed E-state index contributed by atoms with van der Waals surface area (Å²) < 4.78 is 0. The number of carbonyl (C=O) groups is 2. The van der Waals surface area contributed by atoms with Crippen LogP contribution in [0.5, 0.6) is 0 Å². The number of benzene rings is 1. The highest BCUT2D eigenvalue weighted by Crippen LogP contribution is 2.37. The number of anilines is 2. The molecular weight excluding hydrogens is 408 g/mol. The van der Waals surface area contributed by atoms with Gasteiger partial charge in [0.1, 0.15) is 5.82 Å². The first-order valence-corrected chi connectivity index (χ1v) is 11.9. The zero-order chi connectivity index (χ0) is 21.8. The molecule has 6 nitrogen and oxygen atoms in total. The molecule has 2 aromatic rings. The normalized spacial score (nSPS) is 20.1. The quantitative estimate of drug-likeness (QED) is 0.783. The molecule has 2 amide bonds. The number of nitrogens with zero attached hydrogens (tertiary/aromatic N) is 3. The van der Waals surface area contributed by atoms with Crippen LogP contribution < -0.4 is 10.2 Å². The molecule has 2 aliphatic heterocycles. The Bertz CT molecular complexity index is 943. The Kier molecular flexibility index (Phi) is 6.92. The lowest BCUT2D eigenvalue weighted by atomic mass is 9.96. The summed E-state index contributed by atoms with van der Waals surface area (Å²) in [5.41, 5.74) is 2.10. The van der Waals surface area contributed by atoms with Crippen LogP contribution in [0.15, 0.2) is 47.5 Å². The number of amides is 2. The molecule has 164 valence electrons. The van der Waals surface area contributed by atoms with Crippen molar-refractivity contribution in [2.75, 3.05) is 36.4 Å². The van der Waals surface area contributed by atoms with Gasteiger partial charge in [0, 0.05) is 28.8 Å². The molecule has 2 aliphatic rings. The summed E-state index contributed by atoms with van der Waals surface area (Å²) in [6.45, 7) is 6.87. The van der Waals surface area contributed by atoms with Gasteiger partial charge in [-0.1, -0.05) is 19.1 Å². The van der Waals surface area contributed by atoms with E-state index >= 15 is 0 Å². The monoisotopic (exact) mass is 438 g/mol. The van der Waals surface area contributed by atoms with E-state index < -0.39 is 0 Å². The van der Waals surface area contributed by atoms with Crippen LogP contribution in [0.2, 0.25) is 0 Å². The molecule has 0 aliphatic carbocycles. The van der Waals surface area contributed by atoms with Crippen LogP contribution in [0.25, 0.3) is 0 Å². The minimum Gasteiger partial charge on any atom is -0.310 e. The van der Waals surface area contributed by atoms with Crippen molar-refractivity contribution in [2.24, 2.45) is 5.92 Å². The van der Waals surface area contributed by atoms with E-state index in [1.54, 1.807) is 6.20 Å². The van der Waals surface area contributed by atoms with E-state index in [1.165, 1.54) is 4.90 Å². The molecule has 1 unspecified atom stereocenters. The number of hydrogen-bond donors (Lipinski definition) is 1. The first-order valence-electron chi connectivity index (χ1n) is 11.0. The maximum atomic E-state index is 13.2. The Morgan fingerprint density at radius 2 is 1.90 bits per heavy atom. The first-order chi connectivity index (χ1) is 15.0. The lowest BCUT2D eigenvalue weighted by molar-refractivity contribution is -0.122. The summed E-state index contributed by atoms with van der Waals surface area (Å²) in [7, 11) is 0. The van der Waals surface area contributed by atoms with E-state index in [9.17, 15) is 9.59 Å².